The molecule has 0 aromatic carbocycles. The summed E-state index contributed by atoms with van der Waals surface area (Å²) in [6.45, 7) is 7.41. The Kier molecular flexibility index (Phi) is 4.15. The van der Waals surface area contributed by atoms with Gasteiger partial charge in [-0.15, -0.1) is 0 Å². The van der Waals surface area contributed by atoms with E-state index in [0.29, 0.717) is 0 Å². The van der Waals surface area contributed by atoms with Crippen molar-refractivity contribution in [2.24, 2.45) is 5.92 Å². The summed E-state index contributed by atoms with van der Waals surface area (Å²) in [5.74, 6) is 1.65. The van der Waals surface area contributed by atoms with Crippen LogP contribution >= 0.6 is 11.5 Å². The summed E-state index contributed by atoms with van der Waals surface area (Å²) in [6.07, 6.45) is 2.47. The van der Waals surface area contributed by atoms with Crippen molar-refractivity contribution in [1.82, 2.24) is 9.36 Å². The Balaban J connectivity index is 2.13. The van der Waals surface area contributed by atoms with Gasteiger partial charge in [0.1, 0.15) is 5.82 Å². The first kappa shape index (κ1) is 10.4. The van der Waals surface area contributed by atoms with E-state index in [9.17, 15) is 0 Å². The monoisotopic (exact) mass is 199 g/mol. The highest BCUT2D eigenvalue weighted by atomic mass is 32.1. The molecule has 0 aliphatic rings. The van der Waals surface area contributed by atoms with Gasteiger partial charge in [0, 0.05) is 18.1 Å². The van der Waals surface area contributed by atoms with E-state index in [1.165, 1.54) is 24.4 Å². The van der Waals surface area contributed by atoms with Crippen molar-refractivity contribution >= 4 is 16.7 Å². The van der Waals surface area contributed by atoms with Crippen molar-refractivity contribution < 1.29 is 0 Å². The highest BCUT2D eigenvalue weighted by Gasteiger charge is 1.98. The fourth-order valence-corrected chi connectivity index (χ4v) is 1.67. The van der Waals surface area contributed by atoms with Gasteiger partial charge >= 0.3 is 0 Å². The molecule has 1 heterocycles. The maximum atomic E-state index is 4.22. The lowest BCUT2D eigenvalue weighted by atomic mass is 10.1. The van der Waals surface area contributed by atoms with Crippen LogP contribution in [0.5, 0.6) is 0 Å². The first-order valence-electron chi connectivity index (χ1n) is 4.72. The largest absolute Gasteiger partial charge is 0.360 e. The summed E-state index contributed by atoms with van der Waals surface area (Å²) < 4.78 is 4.10. The van der Waals surface area contributed by atoms with Crippen molar-refractivity contribution in [2.45, 2.75) is 33.6 Å². The quantitative estimate of drug-likeness (QED) is 0.741. The second-order valence-corrected chi connectivity index (χ2v) is 4.36. The van der Waals surface area contributed by atoms with Gasteiger partial charge in [-0.1, -0.05) is 13.8 Å². The van der Waals surface area contributed by atoms with Gasteiger partial charge in [-0.25, -0.2) is 4.98 Å². The van der Waals surface area contributed by atoms with Crippen molar-refractivity contribution in [2.75, 3.05) is 11.9 Å². The Bertz CT molecular complexity index is 245. The van der Waals surface area contributed by atoms with E-state index >= 15 is 0 Å². The number of hydrogen-bond donors (Lipinski definition) is 1. The maximum absolute atomic E-state index is 4.22. The van der Waals surface area contributed by atoms with Crippen LogP contribution in [0, 0.1) is 12.8 Å². The smallest absolute Gasteiger partial charge is 0.202 e. The minimum absolute atomic E-state index is 0.790. The van der Waals surface area contributed by atoms with Gasteiger partial charge in [0.25, 0.3) is 0 Å². The van der Waals surface area contributed by atoms with Crippen LogP contribution in [-0.2, 0) is 0 Å². The van der Waals surface area contributed by atoms with Gasteiger partial charge in [-0.2, -0.15) is 4.37 Å². The first-order chi connectivity index (χ1) is 6.18. The van der Waals surface area contributed by atoms with Crippen LogP contribution in [-0.4, -0.2) is 15.9 Å². The molecule has 1 aromatic rings. The summed E-state index contributed by atoms with van der Waals surface area (Å²) in [5, 5.41) is 4.21. The summed E-state index contributed by atoms with van der Waals surface area (Å²) >= 11 is 1.44. The van der Waals surface area contributed by atoms with Crippen LogP contribution in [0.15, 0.2) is 0 Å². The van der Waals surface area contributed by atoms with E-state index in [4.69, 9.17) is 0 Å². The van der Waals surface area contributed by atoms with Crippen LogP contribution < -0.4 is 5.32 Å². The molecule has 0 radical (unpaired) electrons. The van der Waals surface area contributed by atoms with Gasteiger partial charge in [0.15, 0.2) is 0 Å². The second-order valence-electron chi connectivity index (χ2n) is 3.61. The molecule has 0 atom stereocenters. The van der Waals surface area contributed by atoms with Crippen molar-refractivity contribution in [1.29, 1.82) is 0 Å². The van der Waals surface area contributed by atoms with E-state index in [0.717, 1.165) is 23.4 Å². The zero-order valence-corrected chi connectivity index (χ0v) is 9.32. The van der Waals surface area contributed by atoms with Crippen LogP contribution in [0.25, 0.3) is 0 Å². The molecule has 0 aliphatic heterocycles. The molecule has 3 nitrogen and oxygen atoms in total. The molecule has 1 rings (SSSR count). The van der Waals surface area contributed by atoms with E-state index in [1.54, 1.807) is 0 Å². The maximum Gasteiger partial charge on any atom is 0.202 e. The highest BCUT2D eigenvalue weighted by molar-refractivity contribution is 7.09. The zero-order chi connectivity index (χ0) is 9.68. The Hall–Kier alpha value is -0.640. The molecular formula is C9H17N3S. The lowest BCUT2D eigenvalue weighted by Crippen LogP contribution is -2.02. The van der Waals surface area contributed by atoms with Crippen LogP contribution in [0.3, 0.4) is 0 Å². The third kappa shape index (κ3) is 4.22. The number of aromatic nitrogens is 2. The molecule has 0 fully saturated rings. The molecule has 0 spiro atoms. The van der Waals surface area contributed by atoms with Crippen molar-refractivity contribution in [3.05, 3.63) is 5.82 Å². The van der Waals surface area contributed by atoms with Crippen LogP contribution in [0.4, 0.5) is 5.13 Å². The third-order valence-corrected chi connectivity index (χ3v) is 2.53. The van der Waals surface area contributed by atoms with Crippen molar-refractivity contribution in [3.8, 4) is 0 Å². The number of aryl methyl sites for hydroxylation is 1. The SMILES string of the molecule is Cc1nsc(NCCCC(C)C)n1. The molecule has 0 bridgehead atoms. The molecule has 13 heavy (non-hydrogen) atoms. The Morgan fingerprint density at radius 3 is 2.77 bits per heavy atom. The summed E-state index contributed by atoms with van der Waals surface area (Å²) in [6, 6.07) is 0. The fraction of sp³-hybridized carbons (Fsp3) is 0.778. The van der Waals surface area contributed by atoms with E-state index in [2.05, 4.69) is 28.5 Å². The lowest BCUT2D eigenvalue weighted by Gasteiger charge is -2.04. The molecule has 0 unspecified atom stereocenters. The first-order valence-corrected chi connectivity index (χ1v) is 5.50. The molecular weight excluding hydrogens is 182 g/mol. The molecule has 4 heteroatoms. The highest BCUT2D eigenvalue weighted by Crippen LogP contribution is 2.10. The number of rotatable bonds is 5. The summed E-state index contributed by atoms with van der Waals surface area (Å²) in [4.78, 5) is 4.22. The van der Waals surface area contributed by atoms with E-state index < -0.39 is 0 Å². The predicted octanol–water partition coefficient (Wildman–Crippen LogP) is 2.69. The Morgan fingerprint density at radius 2 is 2.23 bits per heavy atom. The molecule has 74 valence electrons. The molecule has 0 aliphatic carbocycles. The van der Waals surface area contributed by atoms with Gasteiger partial charge in [0.2, 0.25) is 5.13 Å². The molecule has 1 N–H and O–H groups in total. The minimum Gasteiger partial charge on any atom is -0.360 e. The number of nitrogens with one attached hydrogen (secondary N) is 1. The van der Waals surface area contributed by atoms with Crippen molar-refractivity contribution in [3.63, 3.8) is 0 Å². The number of hydrogen-bond acceptors (Lipinski definition) is 4. The predicted molar refractivity (Wildman–Crippen MR) is 57.2 cm³/mol. The van der Waals surface area contributed by atoms with Crippen LogP contribution in [0.1, 0.15) is 32.5 Å². The number of anilines is 1. The minimum atomic E-state index is 0.790. The van der Waals surface area contributed by atoms with Gasteiger partial charge < -0.3 is 5.32 Å². The van der Waals surface area contributed by atoms with E-state index in [1.807, 2.05) is 6.92 Å². The normalized spacial score (nSPS) is 10.8. The topological polar surface area (TPSA) is 37.8 Å². The fourth-order valence-electron chi connectivity index (χ4n) is 1.07. The van der Waals surface area contributed by atoms with Gasteiger partial charge in [-0.05, 0) is 25.7 Å². The standard InChI is InChI=1S/C9H17N3S/c1-7(2)5-4-6-10-9-11-8(3)12-13-9/h7H,4-6H2,1-3H3,(H,10,11,12). The summed E-state index contributed by atoms with van der Waals surface area (Å²) in [5.41, 5.74) is 0. The lowest BCUT2D eigenvalue weighted by molar-refractivity contribution is 0.567. The molecule has 1 aromatic heterocycles. The van der Waals surface area contributed by atoms with Gasteiger partial charge in [-0.3, -0.25) is 0 Å². The van der Waals surface area contributed by atoms with E-state index in [-0.39, 0.29) is 0 Å². The Morgan fingerprint density at radius 1 is 1.46 bits per heavy atom. The Labute approximate surface area is 83.8 Å². The average Bonchev–Trinajstić information content (AvgIpc) is 2.45. The number of nitrogens with zero attached hydrogens (tertiary/aromatic N) is 2. The second kappa shape index (κ2) is 5.17. The van der Waals surface area contributed by atoms with Gasteiger partial charge in [0.05, 0.1) is 0 Å². The average molecular weight is 199 g/mol. The molecule has 0 amide bonds. The van der Waals surface area contributed by atoms with Crippen LogP contribution in [0.2, 0.25) is 0 Å². The molecule has 0 saturated carbocycles. The summed E-state index contributed by atoms with van der Waals surface area (Å²) in [7, 11) is 0. The third-order valence-electron chi connectivity index (χ3n) is 1.76. The zero-order valence-electron chi connectivity index (χ0n) is 8.50. The molecule has 0 saturated heterocycles.